The molecule has 0 saturated carbocycles. The van der Waals surface area contributed by atoms with E-state index in [1.54, 1.807) is 13.2 Å². The lowest BCUT2D eigenvalue weighted by Gasteiger charge is -2.09. The minimum absolute atomic E-state index is 0.214. The van der Waals surface area contributed by atoms with Gasteiger partial charge in [-0.05, 0) is 19.0 Å². The zero-order chi connectivity index (χ0) is 11.1. The van der Waals surface area contributed by atoms with Crippen molar-refractivity contribution in [1.82, 2.24) is 5.32 Å². The second kappa shape index (κ2) is 6.09. The molecule has 1 rings (SSSR count). The van der Waals surface area contributed by atoms with E-state index in [4.69, 9.17) is 4.74 Å². The summed E-state index contributed by atoms with van der Waals surface area (Å²) in [6, 6.07) is 5.48. The van der Waals surface area contributed by atoms with Crippen LogP contribution in [-0.4, -0.2) is 18.8 Å². The Kier molecular flexibility index (Phi) is 4.71. The first-order valence-corrected chi connectivity index (χ1v) is 4.96. The van der Waals surface area contributed by atoms with E-state index in [0.717, 1.165) is 18.5 Å². The van der Waals surface area contributed by atoms with Gasteiger partial charge in [-0.1, -0.05) is 18.2 Å². The van der Waals surface area contributed by atoms with Crippen LogP contribution in [0, 0.1) is 0 Å². The Labute approximate surface area is 90.4 Å². The van der Waals surface area contributed by atoms with Gasteiger partial charge in [0.2, 0.25) is 0 Å². The summed E-state index contributed by atoms with van der Waals surface area (Å²) in [5.74, 6) is 0.726. The predicted octanol–water partition coefficient (Wildman–Crippen LogP) is 2.07. The van der Waals surface area contributed by atoms with Gasteiger partial charge in [-0.15, -0.1) is 6.58 Å². The summed E-state index contributed by atoms with van der Waals surface area (Å²) in [4.78, 5) is 0. The second-order valence-corrected chi connectivity index (χ2v) is 3.22. The molecule has 0 atom stereocenters. The number of phenols is 1. The number of rotatable bonds is 6. The third-order valence-corrected chi connectivity index (χ3v) is 2.14. The number of phenolic OH excluding ortho intramolecular Hbond substituents is 1. The van der Waals surface area contributed by atoms with Gasteiger partial charge in [0.05, 0.1) is 7.11 Å². The minimum Gasteiger partial charge on any atom is -0.504 e. The van der Waals surface area contributed by atoms with Crippen LogP contribution in [0.1, 0.15) is 12.0 Å². The summed E-state index contributed by atoms with van der Waals surface area (Å²) in [5.41, 5.74) is 0.846. The van der Waals surface area contributed by atoms with Gasteiger partial charge in [0, 0.05) is 12.1 Å². The van der Waals surface area contributed by atoms with Crippen LogP contribution in [0.25, 0.3) is 0 Å². The van der Waals surface area contributed by atoms with E-state index in [2.05, 4.69) is 11.9 Å². The lowest BCUT2D eigenvalue weighted by molar-refractivity contribution is 0.369. The second-order valence-electron chi connectivity index (χ2n) is 3.22. The molecule has 3 nitrogen and oxygen atoms in total. The Morgan fingerprint density at radius 1 is 1.53 bits per heavy atom. The Bertz CT molecular complexity index is 323. The molecule has 0 fully saturated rings. The molecule has 0 heterocycles. The summed E-state index contributed by atoms with van der Waals surface area (Å²) in [5, 5.41) is 13.0. The molecule has 0 amide bonds. The maximum Gasteiger partial charge on any atom is 0.162 e. The summed E-state index contributed by atoms with van der Waals surface area (Å²) >= 11 is 0. The summed E-state index contributed by atoms with van der Waals surface area (Å²) in [6.07, 6.45) is 2.78. The number of nitrogens with one attached hydrogen (secondary N) is 1. The average molecular weight is 207 g/mol. The van der Waals surface area contributed by atoms with Crippen LogP contribution in [0.2, 0.25) is 0 Å². The van der Waals surface area contributed by atoms with Crippen molar-refractivity contribution >= 4 is 0 Å². The van der Waals surface area contributed by atoms with Crippen LogP contribution in [-0.2, 0) is 6.54 Å². The van der Waals surface area contributed by atoms with Gasteiger partial charge < -0.3 is 15.2 Å². The largest absolute Gasteiger partial charge is 0.504 e. The van der Waals surface area contributed by atoms with Crippen molar-refractivity contribution in [3.63, 3.8) is 0 Å². The monoisotopic (exact) mass is 207 g/mol. The zero-order valence-electron chi connectivity index (χ0n) is 8.99. The third kappa shape index (κ3) is 3.29. The van der Waals surface area contributed by atoms with E-state index >= 15 is 0 Å². The molecule has 0 unspecified atom stereocenters. The first-order chi connectivity index (χ1) is 7.29. The molecule has 0 radical (unpaired) electrons. The van der Waals surface area contributed by atoms with Crippen molar-refractivity contribution < 1.29 is 9.84 Å². The number of para-hydroxylation sites is 1. The lowest BCUT2D eigenvalue weighted by Crippen LogP contribution is -2.14. The Hall–Kier alpha value is -1.48. The first kappa shape index (κ1) is 11.6. The highest BCUT2D eigenvalue weighted by atomic mass is 16.5. The van der Waals surface area contributed by atoms with Crippen LogP contribution in [0.15, 0.2) is 30.9 Å². The standard InChI is InChI=1S/C12H17NO2/c1-3-4-8-13-9-10-6-5-7-11(15-2)12(10)14/h3,5-7,13-14H,1,4,8-9H2,2H3. The number of aromatic hydroxyl groups is 1. The van der Waals surface area contributed by atoms with E-state index in [9.17, 15) is 5.11 Å². The van der Waals surface area contributed by atoms with Crippen molar-refractivity contribution in [2.45, 2.75) is 13.0 Å². The van der Waals surface area contributed by atoms with Crippen LogP contribution in [0.3, 0.4) is 0 Å². The van der Waals surface area contributed by atoms with E-state index in [1.807, 2.05) is 18.2 Å². The van der Waals surface area contributed by atoms with Crippen molar-refractivity contribution in [3.05, 3.63) is 36.4 Å². The number of ether oxygens (including phenoxy) is 1. The smallest absolute Gasteiger partial charge is 0.162 e. The molecular formula is C12H17NO2. The quantitative estimate of drug-likeness (QED) is 0.554. The fraction of sp³-hybridized carbons (Fsp3) is 0.333. The first-order valence-electron chi connectivity index (χ1n) is 4.96. The topological polar surface area (TPSA) is 41.5 Å². The fourth-order valence-corrected chi connectivity index (χ4v) is 1.30. The molecule has 0 aliphatic rings. The van der Waals surface area contributed by atoms with Crippen LogP contribution in [0.4, 0.5) is 0 Å². The number of hydrogen-bond acceptors (Lipinski definition) is 3. The maximum absolute atomic E-state index is 9.76. The Morgan fingerprint density at radius 3 is 3.00 bits per heavy atom. The van der Waals surface area contributed by atoms with Crippen LogP contribution >= 0.6 is 0 Å². The normalized spacial score (nSPS) is 9.93. The van der Waals surface area contributed by atoms with E-state index in [0.29, 0.717) is 12.3 Å². The van der Waals surface area contributed by atoms with Crippen LogP contribution < -0.4 is 10.1 Å². The Balaban J connectivity index is 2.56. The van der Waals surface area contributed by atoms with E-state index in [1.165, 1.54) is 0 Å². The molecule has 0 aliphatic carbocycles. The molecule has 1 aromatic carbocycles. The number of hydrogen-bond donors (Lipinski definition) is 2. The summed E-state index contributed by atoms with van der Waals surface area (Å²) < 4.78 is 5.02. The van der Waals surface area contributed by atoms with Crippen molar-refractivity contribution in [1.29, 1.82) is 0 Å². The lowest BCUT2D eigenvalue weighted by atomic mass is 10.2. The molecule has 1 aromatic rings. The third-order valence-electron chi connectivity index (χ3n) is 2.14. The zero-order valence-corrected chi connectivity index (χ0v) is 8.99. The summed E-state index contributed by atoms with van der Waals surface area (Å²) in [7, 11) is 1.55. The van der Waals surface area contributed by atoms with Gasteiger partial charge in [-0.25, -0.2) is 0 Å². The highest BCUT2D eigenvalue weighted by Gasteiger charge is 2.05. The van der Waals surface area contributed by atoms with E-state index < -0.39 is 0 Å². The van der Waals surface area contributed by atoms with Gasteiger partial charge >= 0.3 is 0 Å². The van der Waals surface area contributed by atoms with Gasteiger partial charge in [0.15, 0.2) is 11.5 Å². The van der Waals surface area contributed by atoms with Gasteiger partial charge in [-0.2, -0.15) is 0 Å². The molecule has 2 N–H and O–H groups in total. The van der Waals surface area contributed by atoms with Gasteiger partial charge in [-0.3, -0.25) is 0 Å². The van der Waals surface area contributed by atoms with Crippen molar-refractivity contribution in [2.24, 2.45) is 0 Å². The fourth-order valence-electron chi connectivity index (χ4n) is 1.30. The van der Waals surface area contributed by atoms with Gasteiger partial charge in [0.25, 0.3) is 0 Å². The molecule has 0 spiro atoms. The molecule has 0 bridgehead atoms. The molecule has 82 valence electrons. The molecule has 15 heavy (non-hydrogen) atoms. The highest BCUT2D eigenvalue weighted by molar-refractivity contribution is 5.45. The van der Waals surface area contributed by atoms with E-state index in [-0.39, 0.29) is 5.75 Å². The minimum atomic E-state index is 0.214. The molecule has 0 saturated heterocycles. The molecular weight excluding hydrogens is 190 g/mol. The average Bonchev–Trinajstić information content (AvgIpc) is 2.26. The number of methoxy groups -OCH3 is 1. The van der Waals surface area contributed by atoms with Crippen molar-refractivity contribution in [2.75, 3.05) is 13.7 Å². The summed E-state index contributed by atoms with van der Waals surface area (Å²) in [6.45, 7) is 5.14. The number of benzene rings is 1. The van der Waals surface area contributed by atoms with Gasteiger partial charge in [0.1, 0.15) is 0 Å². The maximum atomic E-state index is 9.76. The highest BCUT2D eigenvalue weighted by Crippen LogP contribution is 2.28. The molecule has 0 aromatic heterocycles. The van der Waals surface area contributed by atoms with Crippen LogP contribution in [0.5, 0.6) is 11.5 Å². The Morgan fingerprint density at radius 2 is 2.33 bits per heavy atom. The predicted molar refractivity (Wildman–Crippen MR) is 61.2 cm³/mol. The molecule has 3 heteroatoms. The SMILES string of the molecule is C=CCCNCc1cccc(OC)c1O. The van der Waals surface area contributed by atoms with Crippen molar-refractivity contribution in [3.8, 4) is 11.5 Å². The molecule has 0 aliphatic heterocycles.